The number of carboxylic acid groups (broad SMARTS) is 1. The summed E-state index contributed by atoms with van der Waals surface area (Å²) in [5, 5.41) is 23.1. The van der Waals surface area contributed by atoms with Crippen LogP contribution in [0.3, 0.4) is 0 Å². The first kappa shape index (κ1) is 30.4. The molecule has 1 heterocycles. The van der Waals surface area contributed by atoms with Gasteiger partial charge in [-0.2, -0.15) is 9.57 Å². The average molecular weight is 570 g/mol. The SMILES string of the molecule is CC(=NCCCC(=O)Cc1ccc(C[C@H](NC(=O)[C@@H]2COCN2S(=O)(=O)c2ccccc2)C(=O)O)cc1)NC#N. The highest BCUT2D eigenvalue weighted by Crippen LogP contribution is 2.22. The summed E-state index contributed by atoms with van der Waals surface area (Å²) in [4.78, 5) is 41.3. The van der Waals surface area contributed by atoms with Crippen molar-refractivity contribution in [3.63, 3.8) is 0 Å². The van der Waals surface area contributed by atoms with Gasteiger partial charge in [0.2, 0.25) is 15.9 Å². The van der Waals surface area contributed by atoms with Gasteiger partial charge in [0.05, 0.1) is 11.5 Å². The van der Waals surface area contributed by atoms with E-state index in [0.717, 1.165) is 9.87 Å². The third kappa shape index (κ3) is 8.44. The monoisotopic (exact) mass is 569 g/mol. The standard InChI is InChI=1S/C27H31N5O7S/c1-19(30-17-28)29-13-5-6-22(33)14-20-9-11-21(12-10-20)15-24(27(35)36)31-26(34)25-16-39-18-32(25)40(37,38)23-7-3-2-4-8-23/h2-4,7-12,24-25H,5-6,13-16,18H2,1H3,(H,29,30)(H,31,34)(H,35,36)/t24-,25-/m0/s1. The third-order valence-corrected chi connectivity index (χ3v) is 8.02. The lowest BCUT2D eigenvalue weighted by Crippen LogP contribution is -2.52. The molecule has 1 aliphatic rings. The second kappa shape index (κ2) is 14.3. The molecule has 40 heavy (non-hydrogen) atoms. The van der Waals surface area contributed by atoms with E-state index in [2.05, 4.69) is 15.6 Å². The van der Waals surface area contributed by atoms with E-state index in [4.69, 9.17) is 10.00 Å². The van der Waals surface area contributed by atoms with Crippen LogP contribution in [0.4, 0.5) is 0 Å². The van der Waals surface area contributed by atoms with Crippen molar-refractivity contribution in [2.24, 2.45) is 4.99 Å². The summed E-state index contributed by atoms with van der Waals surface area (Å²) in [6.45, 7) is 1.58. The Morgan fingerprint density at radius 3 is 2.48 bits per heavy atom. The van der Waals surface area contributed by atoms with Gasteiger partial charge in [0.1, 0.15) is 30.4 Å². The summed E-state index contributed by atoms with van der Waals surface area (Å²) in [5.74, 6) is -1.52. The molecule has 12 nitrogen and oxygen atoms in total. The Hall–Kier alpha value is -4.12. The molecule has 0 aromatic heterocycles. The Morgan fingerprint density at radius 2 is 1.82 bits per heavy atom. The zero-order valence-electron chi connectivity index (χ0n) is 21.9. The number of amidine groups is 1. The topological polar surface area (TPSA) is 178 Å². The molecule has 2 aromatic rings. The number of nitrogens with one attached hydrogen (secondary N) is 2. The maximum atomic E-state index is 13.0. The van der Waals surface area contributed by atoms with E-state index in [1.807, 2.05) is 0 Å². The van der Waals surface area contributed by atoms with Crippen LogP contribution in [0.15, 0.2) is 64.5 Å². The first-order valence-corrected chi connectivity index (χ1v) is 14.0. The molecule has 1 aliphatic heterocycles. The quantitative estimate of drug-likeness (QED) is 0.105. The summed E-state index contributed by atoms with van der Waals surface area (Å²) >= 11 is 0. The fourth-order valence-corrected chi connectivity index (χ4v) is 5.53. The highest BCUT2D eigenvalue weighted by atomic mass is 32.2. The number of ether oxygens (including phenoxy) is 1. The number of carboxylic acids is 1. The molecule has 0 radical (unpaired) electrons. The summed E-state index contributed by atoms with van der Waals surface area (Å²) in [7, 11) is -4.02. The number of aliphatic carboxylic acids is 1. The van der Waals surface area contributed by atoms with Crippen LogP contribution >= 0.6 is 0 Å². The fraction of sp³-hybridized carbons (Fsp3) is 0.370. The number of ketones is 1. The van der Waals surface area contributed by atoms with Gasteiger partial charge in [-0.1, -0.05) is 42.5 Å². The largest absolute Gasteiger partial charge is 0.480 e. The number of nitriles is 1. The number of Topliss-reactive ketones (excluding diaryl/α,β-unsaturated/α-hetero) is 1. The van der Waals surface area contributed by atoms with Gasteiger partial charge in [0, 0.05) is 25.8 Å². The molecule has 0 saturated carbocycles. The smallest absolute Gasteiger partial charge is 0.326 e. The van der Waals surface area contributed by atoms with Gasteiger partial charge in [-0.15, -0.1) is 0 Å². The molecule has 1 saturated heterocycles. The third-order valence-electron chi connectivity index (χ3n) is 6.17. The van der Waals surface area contributed by atoms with E-state index < -0.39 is 34.0 Å². The minimum atomic E-state index is -4.02. The van der Waals surface area contributed by atoms with Crippen LogP contribution in [-0.2, 0) is 42.0 Å². The number of carbonyl (C=O) groups is 3. The highest BCUT2D eigenvalue weighted by Gasteiger charge is 2.41. The highest BCUT2D eigenvalue weighted by molar-refractivity contribution is 7.89. The Bertz CT molecular complexity index is 1370. The minimum absolute atomic E-state index is 0.00292. The lowest BCUT2D eigenvalue weighted by Gasteiger charge is -2.23. The molecule has 1 fully saturated rings. The van der Waals surface area contributed by atoms with Crippen LogP contribution in [-0.4, -0.2) is 73.3 Å². The number of sulfonamides is 1. The van der Waals surface area contributed by atoms with Crippen LogP contribution in [0.1, 0.15) is 30.9 Å². The van der Waals surface area contributed by atoms with Crippen LogP contribution in [0.2, 0.25) is 0 Å². The van der Waals surface area contributed by atoms with Crippen molar-refractivity contribution in [2.45, 2.75) is 49.6 Å². The van der Waals surface area contributed by atoms with E-state index in [0.29, 0.717) is 30.8 Å². The molecule has 0 aliphatic carbocycles. The number of hydrogen-bond acceptors (Lipinski definition) is 8. The summed E-state index contributed by atoms with van der Waals surface area (Å²) in [6, 6.07) is 11.9. The van der Waals surface area contributed by atoms with Crippen LogP contribution in [0, 0.1) is 11.5 Å². The molecular formula is C27H31N5O7S. The molecule has 2 aromatic carbocycles. The average Bonchev–Trinajstić information content (AvgIpc) is 3.44. The molecule has 2 atom stereocenters. The van der Waals surface area contributed by atoms with Crippen molar-refractivity contribution in [3.8, 4) is 6.19 Å². The van der Waals surface area contributed by atoms with Crippen molar-refractivity contribution in [3.05, 3.63) is 65.7 Å². The zero-order valence-corrected chi connectivity index (χ0v) is 22.8. The number of nitrogens with zero attached hydrogens (tertiary/aromatic N) is 3. The number of amides is 1. The molecule has 3 rings (SSSR count). The number of benzene rings is 2. The van der Waals surface area contributed by atoms with Gasteiger partial charge in [-0.05, 0) is 36.6 Å². The van der Waals surface area contributed by atoms with Crippen molar-refractivity contribution in [1.82, 2.24) is 14.9 Å². The van der Waals surface area contributed by atoms with Crippen molar-refractivity contribution in [1.29, 1.82) is 5.26 Å². The van der Waals surface area contributed by atoms with Crippen molar-refractivity contribution in [2.75, 3.05) is 19.9 Å². The minimum Gasteiger partial charge on any atom is -0.480 e. The van der Waals surface area contributed by atoms with Crippen LogP contribution < -0.4 is 10.6 Å². The van der Waals surface area contributed by atoms with E-state index in [1.165, 1.54) is 12.1 Å². The fourth-order valence-electron chi connectivity index (χ4n) is 4.06. The van der Waals surface area contributed by atoms with Crippen LogP contribution in [0.25, 0.3) is 0 Å². The van der Waals surface area contributed by atoms with E-state index in [-0.39, 0.29) is 36.9 Å². The molecule has 13 heteroatoms. The maximum Gasteiger partial charge on any atom is 0.326 e. The Labute approximate surface area is 232 Å². The summed E-state index contributed by atoms with van der Waals surface area (Å²) < 4.78 is 32.2. The zero-order chi connectivity index (χ0) is 29.1. The number of hydrogen-bond donors (Lipinski definition) is 3. The van der Waals surface area contributed by atoms with Gasteiger partial charge >= 0.3 is 5.97 Å². The van der Waals surface area contributed by atoms with Crippen molar-refractivity contribution < 1.29 is 32.6 Å². The maximum absolute atomic E-state index is 13.0. The predicted molar refractivity (Wildman–Crippen MR) is 144 cm³/mol. The second-order valence-corrected chi connectivity index (χ2v) is 11.1. The van der Waals surface area contributed by atoms with Gasteiger partial charge in [0.15, 0.2) is 6.19 Å². The number of carbonyl (C=O) groups excluding carboxylic acids is 2. The van der Waals surface area contributed by atoms with Gasteiger partial charge in [0.25, 0.3) is 0 Å². The Balaban J connectivity index is 1.56. The molecule has 0 bridgehead atoms. The molecule has 0 spiro atoms. The molecule has 212 valence electrons. The number of aliphatic imine (C=N–C) groups is 1. The molecule has 0 unspecified atom stereocenters. The normalized spacial score (nSPS) is 16.6. The first-order chi connectivity index (χ1) is 19.1. The Kier molecular flexibility index (Phi) is 10.9. The van der Waals surface area contributed by atoms with Gasteiger partial charge in [-0.3, -0.25) is 19.9 Å². The summed E-state index contributed by atoms with van der Waals surface area (Å²) in [6.07, 6.45) is 2.84. The summed E-state index contributed by atoms with van der Waals surface area (Å²) in [5.41, 5.74) is 1.38. The van der Waals surface area contributed by atoms with Crippen LogP contribution in [0.5, 0.6) is 0 Å². The predicted octanol–water partition coefficient (Wildman–Crippen LogP) is 1.23. The molecule has 1 amide bonds. The van der Waals surface area contributed by atoms with E-state index in [9.17, 15) is 27.9 Å². The van der Waals surface area contributed by atoms with Gasteiger partial charge < -0.3 is 15.2 Å². The first-order valence-electron chi connectivity index (χ1n) is 12.6. The van der Waals surface area contributed by atoms with E-state index in [1.54, 1.807) is 55.6 Å². The number of rotatable bonds is 13. The lowest BCUT2D eigenvalue weighted by molar-refractivity contribution is -0.142. The van der Waals surface area contributed by atoms with E-state index >= 15 is 0 Å². The molecule has 3 N–H and O–H groups in total. The van der Waals surface area contributed by atoms with Gasteiger partial charge in [-0.25, -0.2) is 13.2 Å². The lowest BCUT2D eigenvalue weighted by atomic mass is 10.0. The van der Waals surface area contributed by atoms with Crippen molar-refractivity contribution >= 4 is 33.5 Å². The molecular weight excluding hydrogens is 538 g/mol. The second-order valence-electron chi connectivity index (χ2n) is 9.16. The Morgan fingerprint density at radius 1 is 1.15 bits per heavy atom.